The van der Waals surface area contributed by atoms with E-state index >= 15 is 0 Å². The molecule has 1 nitrogen and oxygen atoms in total. The van der Waals surface area contributed by atoms with Crippen molar-refractivity contribution in [3.8, 4) is 5.75 Å². The number of halogens is 1. The Kier molecular flexibility index (Phi) is 8.91. The minimum absolute atomic E-state index is 0. The average Bonchev–Trinajstić information content (AvgIpc) is 2.38. The van der Waals surface area contributed by atoms with Gasteiger partial charge in [-0.25, -0.2) is 0 Å². The van der Waals surface area contributed by atoms with Gasteiger partial charge in [-0.3, -0.25) is 0 Å². The first-order chi connectivity index (χ1) is 9.66. The van der Waals surface area contributed by atoms with Gasteiger partial charge < -0.3 is 21.4 Å². The van der Waals surface area contributed by atoms with Crippen LogP contribution in [0.4, 0.5) is 0 Å². The summed E-state index contributed by atoms with van der Waals surface area (Å²) < 4.78 is 6.63. The molecule has 0 N–H and O–H groups in total. The number of hydrogen-bond acceptors (Lipinski definition) is 1. The zero-order valence-electron chi connectivity index (χ0n) is 15.8. The molecule has 23 heavy (non-hydrogen) atoms. The summed E-state index contributed by atoms with van der Waals surface area (Å²) in [5.41, 5.74) is 1.66. The van der Waals surface area contributed by atoms with E-state index in [2.05, 4.69) is 59.0 Å². The molecule has 0 radical (unpaired) electrons. The van der Waals surface area contributed by atoms with Gasteiger partial charge in [0, 0.05) is 0 Å². The maximum absolute atomic E-state index is 6.63. The zero-order chi connectivity index (χ0) is 15.7. The van der Waals surface area contributed by atoms with Crippen LogP contribution in [0, 0.1) is 6.07 Å². The Morgan fingerprint density at radius 3 is 2.22 bits per heavy atom. The van der Waals surface area contributed by atoms with Gasteiger partial charge in [-0.05, 0) is 29.3 Å². The molecule has 126 valence electrons. The maximum Gasteiger partial charge on any atom is 2.00 e. The molecule has 0 unspecified atom stereocenters. The summed E-state index contributed by atoms with van der Waals surface area (Å²) in [5, 5.41) is 0.233. The molecule has 1 aromatic rings. The van der Waals surface area contributed by atoms with Crippen molar-refractivity contribution in [3.63, 3.8) is 0 Å². The van der Waals surface area contributed by atoms with Crippen LogP contribution in [0.25, 0.3) is 0 Å². The van der Waals surface area contributed by atoms with Crippen LogP contribution in [0.2, 0.25) is 18.1 Å². The van der Waals surface area contributed by atoms with Crippen molar-refractivity contribution in [2.75, 3.05) is 0 Å². The summed E-state index contributed by atoms with van der Waals surface area (Å²) in [4.78, 5) is 0. The van der Waals surface area contributed by atoms with Crippen molar-refractivity contribution in [1.82, 2.24) is 0 Å². The van der Waals surface area contributed by atoms with E-state index in [9.17, 15) is 0 Å². The molecule has 1 aliphatic rings. The predicted molar refractivity (Wildman–Crippen MR) is 99.3 cm³/mol. The minimum atomic E-state index is -1.79. The quantitative estimate of drug-likeness (QED) is 0.553. The summed E-state index contributed by atoms with van der Waals surface area (Å²) in [5.74, 6) is 1.12. The smallest absolute Gasteiger partial charge is 1.00 e. The van der Waals surface area contributed by atoms with E-state index in [1.54, 1.807) is 0 Å². The summed E-state index contributed by atoms with van der Waals surface area (Å²) in [6.07, 6.45) is 6.61. The van der Waals surface area contributed by atoms with Crippen LogP contribution in [0.3, 0.4) is 0 Å². The Morgan fingerprint density at radius 1 is 1.13 bits per heavy atom. The van der Waals surface area contributed by atoms with Crippen LogP contribution >= 0.6 is 0 Å². The first-order valence-corrected chi connectivity index (χ1v) is 11.3. The van der Waals surface area contributed by atoms with Gasteiger partial charge in [-0.15, -0.1) is 11.6 Å². The SMILES string of the molecule is CC1(c2c[c-]ccc2O[Si](C)(C)C(C)(C)C)CCCCC1.[Br-].[Mg+2]. The number of hydrogen-bond donors (Lipinski definition) is 0. The molecule has 0 amide bonds. The fraction of sp³-hybridized carbons (Fsp3) is 0.684. The van der Waals surface area contributed by atoms with Crippen molar-refractivity contribution in [1.29, 1.82) is 0 Å². The molecule has 1 aromatic carbocycles. The van der Waals surface area contributed by atoms with E-state index in [0.29, 0.717) is 0 Å². The molecule has 2 rings (SSSR count). The number of benzene rings is 1. The molecule has 4 heteroatoms. The van der Waals surface area contributed by atoms with Crippen LogP contribution < -0.4 is 21.4 Å². The third-order valence-electron chi connectivity index (χ3n) is 5.60. The predicted octanol–water partition coefficient (Wildman–Crippen LogP) is 2.72. The largest absolute Gasteiger partial charge is 2.00 e. The summed E-state index contributed by atoms with van der Waals surface area (Å²) >= 11 is 0. The van der Waals surface area contributed by atoms with Gasteiger partial charge in [0.15, 0.2) is 0 Å². The molecule has 1 aliphatic carbocycles. The van der Waals surface area contributed by atoms with Gasteiger partial charge >= 0.3 is 23.1 Å². The Bertz CT molecular complexity index is 490. The van der Waals surface area contributed by atoms with Crippen LogP contribution in [-0.2, 0) is 5.41 Å². The Morgan fingerprint density at radius 2 is 1.70 bits per heavy atom. The monoisotopic (exact) mass is 406 g/mol. The molecule has 0 spiro atoms. The van der Waals surface area contributed by atoms with E-state index in [1.807, 2.05) is 6.07 Å². The van der Waals surface area contributed by atoms with Crippen molar-refractivity contribution >= 4 is 31.4 Å². The van der Waals surface area contributed by atoms with Crippen molar-refractivity contribution in [2.24, 2.45) is 0 Å². The fourth-order valence-corrected chi connectivity index (χ4v) is 4.04. The van der Waals surface area contributed by atoms with Crippen molar-refractivity contribution in [2.45, 2.75) is 83.3 Å². The van der Waals surface area contributed by atoms with Crippen LogP contribution in [0.1, 0.15) is 65.4 Å². The zero-order valence-corrected chi connectivity index (χ0v) is 19.8. The standard InChI is InChI=1S/C19H31OSi.BrH.Mg/c1-18(2,3)21(5,6)20-17-13-9-8-12-16(17)19(4)14-10-7-11-15-19;;/h9,12-13H,7,10-11,14-15H2,1-6H3;1H;/q-1;;+2/p-1. The molecule has 0 aromatic heterocycles. The van der Waals surface area contributed by atoms with E-state index in [1.165, 1.54) is 37.7 Å². The summed E-state index contributed by atoms with van der Waals surface area (Å²) in [7, 11) is -1.79. The molecule has 0 bridgehead atoms. The molecule has 0 atom stereocenters. The molecular formula is C19H31BrMgOSi. The van der Waals surface area contributed by atoms with Gasteiger partial charge in [-0.2, -0.15) is 18.2 Å². The molecule has 1 saturated carbocycles. The van der Waals surface area contributed by atoms with Gasteiger partial charge in [0.05, 0.1) is 0 Å². The van der Waals surface area contributed by atoms with Crippen LogP contribution in [0.15, 0.2) is 18.2 Å². The first-order valence-electron chi connectivity index (χ1n) is 8.35. The van der Waals surface area contributed by atoms with Gasteiger partial charge in [0.1, 0.15) is 0 Å². The topological polar surface area (TPSA) is 9.23 Å². The second kappa shape index (κ2) is 8.73. The first kappa shape index (κ1) is 23.5. The van der Waals surface area contributed by atoms with E-state index in [4.69, 9.17) is 4.43 Å². The van der Waals surface area contributed by atoms with Crippen LogP contribution in [-0.4, -0.2) is 31.4 Å². The van der Waals surface area contributed by atoms with Gasteiger partial charge in [0.2, 0.25) is 8.32 Å². The molecule has 0 heterocycles. The number of rotatable bonds is 3. The Hall–Kier alpha value is 0.483. The minimum Gasteiger partial charge on any atom is -1.00 e. The second-order valence-electron chi connectivity index (χ2n) is 8.41. The Labute approximate surface area is 171 Å². The second-order valence-corrected chi connectivity index (χ2v) is 13.1. The molecule has 0 aliphatic heterocycles. The van der Waals surface area contributed by atoms with Crippen molar-refractivity contribution < 1.29 is 21.4 Å². The van der Waals surface area contributed by atoms with Crippen LogP contribution in [0.5, 0.6) is 5.75 Å². The Balaban J connectivity index is 0.00000242. The molecular weight excluding hydrogens is 377 g/mol. The normalized spacial score (nSPS) is 17.7. The third-order valence-corrected chi connectivity index (χ3v) is 9.95. The third kappa shape index (κ3) is 5.48. The fourth-order valence-electron chi connectivity index (χ4n) is 3.01. The molecule has 1 fully saturated rings. The van der Waals surface area contributed by atoms with Crippen molar-refractivity contribution in [3.05, 3.63) is 29.8 Å². The van der Waals surface area contributed by atoms with Gasteiger partial charge in [0.25, 0.3) is 0 Å². The van der Waals surface area contributed by atoms with E-state index < -0.39 is 8.32 Å². The summed E-state index contributed by atoms with van der Waals surface area (Å²) in [6.45, 7) is 14.0. The van der Waals surface area contributed by atoms with E-state index in [0.717, 1.165) is 5.75 Å². The van der Waals surface area contributed by atoms with E-state index in [-0.39, 0.29) is 50.5 Å². The van der Waals surface area contributed by atoms with Gasteiger partial charge in [-0.1, -0.05) is 59.8 Å². The summed E-state index contributed by atoms with van der Waals surface area (Å²) in [6, 6.07) is 9.59. The maximum atomic E-state index is 6.63. The molecule has 0 saturated heterocycles. The average molecular weight is 408 g/mol.